The van der Waals surface area contributed by atoms with Crippen LogP contribution < -0.4 is 11.1 Å². The zero-order valence-electron chi connectivity index (χ0n) is 11.1. The Morgan fingerprint density at radius 1 is 1.10 bits per heavy atom. The summed E-state index contributed by atoms with van der Waals surface area (Å²) in [5.41, 5.74) is 7.80. The van der Waals surface area contributed by atoms with Crippen LogP contribution in [0.25, 0.3) is 0 Å². The summed E-state index contributed by atoms with van der Waals surface area (Å²) < 4.78 is 0. The molecular weight excluding hydrogens is 248 g/mol. The highest BCUT2D eigenvalue weighted by Crippen LogP contribution is 2.05. The Kier molecular flexibility index (Phi) is 4.94. The summed E-state index contributed by atoms with van der Waals surface area (Å²) >= 11 is 0. The summed E-state index contributed by atoms with van der Waals surface area (Å²) in [6.07, 6.45) is 0. The van der Waals surface area contributed by atoms with Crippen molar-refractivity contribution in [1.29, 1.82) is 0 Å². The molecule has 3 nitrogen and oxygen atoms in total. The fourth-order valence-electron chi connectivity index (χ4n) is 1.77. The second-order valence-electron chi connectivity index (χ2n) is 4.25. The van der Waals surface area contributed by atoms with Crippen molar-refractivity contribution in [3.05, 3.63) is 71.3 Å². The SMILES string of the molecule is NCC#Cc1cccc(C(=O)NCc2ccccc2)c1. The van der Waals surface area contributed by atoms with Crippen LogP contribution in [0.1, 0.15) is 21.5 Å². The van der Waals surface area contributed by atoms with E-state index in [9.17, 15) is 4.79 Å². The number of carbonyl (C=O) groups excluding carboxylic acids is 1. The van der Waals surface area contributed by atoms with Gasteiger partial charge in [0.2, 0.25) is 0 Å². The third-order valence-corrected chi connectivity index (χ3v) is 2.76. The van der Waals surface area contributed by atoms with E-state index in [-0.39, 0.29) is 5.91 Å². The van der Waals surface area contributed by atoms with Gasteiger partial charge in [0.05, 0.1) is 6.54 Å². The Bertz CT molecular complexity index is 639. The smallest absolute Gasteiger partial charge is 0.251 e. The van der Waals surface area contributed by atoms with Crippen molar-refractivity contribution in [2.45, 2.75) is 6.54 Å². The predicted octanol–water partition coefficient (Wildman–Crippen LogP) is 1.93. The topological polar surface area (TPSA) is 55.1 Å². The Labute approximate surface area is 118 Å². The van der Waals surface area contributed by atoms with Crippen molar-refractivity contribution in [2.24, 2.45) is 5.73 Å². The third kappa shape index (κ3) is 3.98. The molecule has 100 valence electrons. The molecule has 0 spiro atoms. The van der Waals surface area contributed by atoms with Crippen molar-refractivity contribution < 1.29 is 4.79 Å². The monoisotopic (exact) mass is 264 g/mol. The van der Waals surface area contributed by atoms with Crippen molar-refractivity contribution in [3.8, 4) is 11.8 Å². The normalized spacial score (nSPS) is 9.45. The van der Waals surface area contributed by atoms with Gasteiger partial charge in [-0.1, -0.05) is 48.2 Å². The van der Waals surface area contributed by atoms with Gasteiger partial charge in [-0.25, -0.2) is 0 Å². The first-order valence-electron chi connectivity index (χ1n) is 6.41. The van der Waals surface area contributed by atoms with Crippen molar-refractivity contribution >= 4 is 5.91 Å². The van der Waals surface area contributed by atoms with Gasteiger partial charge in [0.1, 0.15) is 0 Å². The first kappa shape index (κ1) is 13.9. The fraction of sp³-hybridized carbons (Fsp3) is 0.118. The molecule has 2 aromatic rings. The lowest BCUT2D eigenvalue weighted by Crippen LogP contribution is -2.22. The summed E-state index contributed by atoms with van der Waals surface area (Å²) in [6.45, 7) is 0.822. The van der Waals surface area contributed by atoms with Crippen LogP contribution >= 0.6 is 0 Å². The van der Waals surface area contributed by atoms with Crippen LogP contribution in [0.2, 0.25) is 0 Å². The molecule has 0 saturated carbocycles. The predicted molar refractivity (Wildman–Crippen MR) is 80.0 cm³/mol. The lowest BCUT2D eigenvalue weighted by Gasteiger charge is -2.05. The summed E-state index contributed by atoms with van der Waals surface area (Å²) in [5.74, 6) is 5.59. The zero-order valence-corrected chi connectivity index (χ0v) is 11.1. The van der Waals surface area contributed by atoms with Gasteiger partial charge in [-0.2, -0.15) is 0 Å². The number of hydrogen-bond donors (Lipinski definition) is 2. The molecule has 0 aliphatic carbocycles. The van der Waals surface area contributed by atoms with E-state index in [2.05, 4.69) is 17.2 Å². The number of benzene rings is 2. The molecule has 20 heavy (non-hydrogen) atoms. The molecule has 0 aromatic heterocycles. The van der Waals surface area contributed by atoms with Gasteiger partial charge in [0.25, 0.3) is 5.91 Å². The quantitative estimate of drug-likeness (QED) is 0.832. The van der Waals surface area contributed by atoms with E-state index in [1.54, 1.807) is 12.1 Å². The Balaban J connectivity index is 2.02. The molecule has 0 saturated heterocycles. The number of hydrogen-bond acceptors (Lipinski definition) is 2. The molecule has 0 aliphatic rings. The molecule has 0 unspecified atom stereocenters. The summed E-state index contributed by atoms with van der Waals surface area (Å²) in [5, 5.41) is 2.89. The highest BCUT2D eigenvalue weighted by molar-refractivity contribution is 5.94. The van der Waals surface area contributed by atoms with Gasteiger partial charge in [0, 0.05) is 17.7 Å². The van der Waals surface area contributed by atoms with E-state index in [1.165, 1.54) is 0 Å². The third-order valence-electron chi connectivity index (χ3n) is 2.76. The second-order valence-corrected chi connectivity index (χ2v) is 4.25. The van der Waals surface area contributed by atoms with Gasteiger partial charge < -0.3 is 11.1 Å². The van der Waals surface area contributed by atoms with Crippen molar-refractivity contribution in [1.82, 2.24) is 5.32 Å². The molecule has 1 amide bonds. The van der Waals surface area contributed by atoms with Gasteiger partial charge >= 0.3 is 0 Å². The van der Waals surface area contributed by atoms with Gasteiger partial charge in [-0.05, 0) is 23.8 Å². The average molecular weight is 264 g/mol. The maximum Gasteiger partial charge on any atom is 0.251 e. The van der Waals surface area contributed by atoms with E-state index >= 15 is 0 Å². The van der Waals surface area contributed by atoms with Crippen LogP contribution in [-0.4, -0.2) is 12.5 Å². The molecular formula is C17H16N2O. The average Bonchev–Trinajstić information content (AvgIpc) is 2.52. The first-order chi connectivity index (χ1) is 9.79. The van der Waals surface area contributed by atoms with E-state index < -0.39 is 0 Å². The largest absolute Gasteiger partial charge is 0.348 e. The second kappa shape index (κ2) is 7.13. The standard InChI is InChI=1S/C17H16N2O/c18-11-5-9-14-8-4-10-16(12-14)17(20)19-13-15-6-2-1-3-7-15/h1-4,6-8,10,12H,11,13,18H2,(H,19,20). The summed E-state index contributed by atoms with van der Waals surface area (Å²) in [6, 6.07) is 17.0. The van der Waals surface area contributed by atoms with Crippen LogP contribution in [0.4, 0.5) is 0 Å². The fourth-order valence-corrected chi connectivity index (χ4v) is 1.77. The minimum absolute atomic E-state index is 0.106. The van der Waals surface area contributed by atoms with E-state index in [0.29, 0.717) is 18.7 Å². The molecule has 0 heterocycles. The van der Waals surface area contributed by atoms with E-state index in [0.717, 1.165) is 11.1 Å². The Morgan fingerprint density at radius 2 is 1.90 bits per heavy atom. The number of nitrogens with one attached hydrogen (secondary N) is 1. The highest BCUT2D eigenvalue weighted by Gasteiger charge is 2.05. The van der Waals surface area contributed by atoms with Crippen molar-refractivity contribution in [2.75, 3.05) is 6.54 Å². The van der Waals surface area contributed by atoms with Crippen LogP contribution in [0, 0.1) is 11.8 Å². The number of rotatable bonds is 3. The molecule has 0 aliphatic heterocycles. The molecule has 0 bridgehead atoms. The summed E-state index contributed by atoms with van der Waals surface area (Å²) in [4.78, 5) is 12.1. The molecule has 0 atom stereocenters. The first-order valence-corrected chi connectivity index (χ1v) is 6.41. The lowest BCUT2D eigenvalue weighted by atomic mass is 10.1. The summed E-state index contributed by atoms with van der Waals surface area (Å²) in [7, 11) is 0. The van der Waals surface area contributed by atoms with Crippen LogP contribution in [-0.2, 0) is 6.54 Å². The number of nitrogens with two attached hydrogens (primary N) is 1. The molecule has 0 fully saturated rings. The van der Waals surface area contributed by atoms with Crippen molar-refractivity contribution in [3.63, 3.8) is 0 Å². The van der Waals surface area contributed by atoms with Crippen LogP contribution in [0.15, 0.2) is 54.6 Å². The van der Waals surface area contributed by atoms with Crippen LogP contribution in [0.3, 0.4) is 0 Å². The maximum absolute atomic E-state index is 12.1. The molecule has 0 radical (unpaired) electrons. The number of amides is 1. The maximum atomic E-state index is 12.1. The minimum Gasteiger partial charge on any atom is -0.348 e. The Hall–Kier alpha value is -2.57. The molecule has 3 heteroatoms. The highest BCUT2D eigenvalue weighted by atomic mass is 16.1. The zero-order chi connectivity index (χ0) is 14.2. The van der Waals surface area contributed by atoms with Gasteiger partial charge in [-0.15, -0.1) is 0 Å². The minimum atomic E-state index is -0.106. The van der Waals surface area contributed by atoms with Crippen LogP contribution in [0.5, 0.6) is 0 Å². The van der Waals surface area contributed by atoms with Gasteiger partial charge in [0.15, 0.2) is 0 Å². The number of carbonyl (C=O) groups is 1. The van der Waals surface area contributed by atoms with E-state index in [4.69, 9.17) is 5.73 Å². The Morgan fingerprint density at radius 3 is 2.65 bits per heavy atom. The van der Waals surface area contributed by atoms with E-state index in [1.807, 2.05) is 42.5 Å². The lowest BCUT2D eigenvalue weighted by molar-refractivity contribution is 0.0951. The molecule has 2 rings (SSSR count). The molecule has 3 N–H and O–H groups in total. The van der Waals surface area contributed by atoms with Gasteiger partial charge in [-0.3, -0.25) is 4.79 Å². The molecule has 2 aromatic carbocycles.